The summed E-state index contributed by atoms with van der Waals surface area (Å²) in [6.45, 7) is -0.213. The van der Waals surface area contributed by atoms with Crippen LogP contribution in [-0.4, -0.2) is 26.3 Å². The molecule has 0 fully saturated rings. The number of hydrogen-bond acceptors (Lipinski definition) is 6. The van der Waals surface area contributed by atoms with Crippen LogP contribution in [-0.2, 0) is 14.8 Å². The summed E-state index contributed by atoms with van der Waals surface area (Å²) in [6, 6.07) is 4.20. The Kier molecular flexibility index (Phi) is 4.16. The maximum atomic E-state index is 14.5. The topological polar surface area (TPSA) is 102 Å². The summed E-state index contributed by atoms with van der Waals surface area (Å²) in [6.07, 6.45) is 1.65. The van der Waals surface area contributed by atoms with Crippen LogP contribution in [0.1, 0.15) is 5.56 Å². The van der Waals surface area contributed by atoms with Crippen molar-refractivity contribution in [2.24, 2.45) is 0 Å². The fourth-order valence-corrected chi connectivity index (χ4v) is 4.09. The third kappa shape index (κ3) is 3.05. The number of anilines is 1. The number of carboxylic acids is 1. The molecule has 1 aliphatic rings. The molecule has 10 heteroatoms. The highest BCUT2D eigenvalue weighted by Gasteiger charge is 2.26. The first-order valence-electron chi connectivity index (χ1n) is 6.48. The van der Waals surface area contributed by atoms with Gasteiger partial charge < -0.3 is 14.6 Å². The number of rotatable bonds is 5. The maximum Gasteiger partial charge on any atom is 0.328 e. The predicted octanol–water partition coefficient (Wildman–Crippen LogP) is 2.51. The number of carboxylic acid groups (broad SMARTS) is 1. The lowest BCUT2D eigenvalue weighted by Crippen LogP contribution is -2.13. The van der Waals surface area contributed by atoms with Crippen LogP contribution >= 0.6 is 11.3 Å². The van der Waals surface area contributed by atoms with Crippen LogP contribution in [0.2, 0.25) is 0 Å². The molecule has 1 aromatic carbocycles. The molecule has 0 saturated carbocycles. The normalized spacial score (nSPS) is 13.4. The number of hydrogen-bond donors (Lipinski definition) is 2. The van der Waals surface area contributed by atoms with E-state index in [0.29, 0.717) is 6.08 Å². The highest BCUT2D eigenvalue weighted by molar-refractivity contribution is 7.94. The zero-order chi connectivity index (χ0) is 17.3. The summed E-state index contributed by atoms with van der Waals surface area (Å²) in [4.78, 5) is 10.7. The first kappa shape index (κ1) is 16.3. The average molecular weight is 371 g/mol. The van der Waals surface area contributed by atoms with Crippen molar-refractivity contribution < 1.29 is 32.2 Å². The van der Waals surface area contributed by atoms with Gasteiger partial charge in [-0.1, -0.05) is 6.07 Å². The van der Waals surface area contributed by atoms with Crippen molar-refractivity contribution in [2.45, 2.75) is 4.21 Å². The van der Waals surface area contributed by atoms with E-state index in [-0.39, 0.29) is 33.8 Å². The number of benzene rings is 1. The Morgan fingerprint density at radius 3 is 2.88 bits per heavy atom. The van der Waals surface area contributed by atoms with Gasteiger partial charge >= 0.3 is 5.97 Å². The number of halogens is 1. The van der Waals surface area contributed by atoms with E-state index in [2.05, 4.69) is 4.72 Å². The molecule has 0 aliphatic carbocycles. The van der Waals surface area contributed by atoms with Gasteiger partial charge in [0.1, 0.15) is 4.21 Å². The highest BCUT2D eigenvalue weighted by atomic mass is 32.2. The number of fused-ring (bicyclic) bond motifs is 1. The third-order valence-electron chi connectivity index (χ3n) is 3.04. The van der Waals surface area contributed by atoms with Crippen LogP contribution < -0.4 is 14.2 Å². The van der Waals surface area contributed by atoms with E-state index < -0.39 is 21.8 Å². The van der Waals surface area contributed by atoms with E-state index in [4.69, 9.17) is 14.6 Å². The summed E-state index contributed by atoms with van der Waals surface area (Å²) in [5, 5.41) is 10.3. The molecule has 1 aliphatic heterocycles. The molecule has 0 atom stereocenters. The zero-order valence-corrected chi connectivity index (χ0v) is 13.5. The molecule has 0 saturated heterocycles. The van der Waals surface area contributed by atoms with E-state index in [1.165, 1.54) is 12.1 Å². The van der Waals surface area contributed by atoms with Gasteiger partial charge in [-0.25, -0.2) is 17.6 Å². The van der Waals surface area contributed by atoms with Crippen molar-refractivity contribution in [1.82, 2.24) is 0 Å². The number of thiophene rings is 1. The van der Waals surface area contributed by atoms with Crippen molar-refractivity contribution in [3.05, 3.63) is 41.0 Å². The van der Waals surface area contributed by atoms with E-state index >= 15 is 0 Å². The lowest BCUT2D eigenvalue weighted by Gasteiger charge is -2.12. The minimum absolute atomic E-state index is 0.0313. The first-order chi connectivity index (χ1) is 11.4. The van der Waals surface area contributed by atoms with Gasteiger partial charge in [0, 0.05) is 17.7 Å². The Bertz CT molecular complexity index is 921. The maximum absolute atomic E-state index is 14.5. The SMILES string of the molecule is O=C(O)C=Cc1c(NS(=O)(=O)c2cccs2)cc2c(c1F)OCO2. The second-order valence-electron chi connectivity index (χ2n) is 4.59. The summed E-state index contributed by atoms with van der Waals surface area (Å²) < 4.78 is 51.5. The Morgan fingerprint density at radius 1 is 1.42 bits per heavy atom. The van der Waals surface area contributed by atoms with Gasteiger partial charge in [-0.3, -0.25) is 4.72 Å². The van der Waals surface area contributed by atoms with E-state index in [1.54, 1.807) is 11.4 Å². The van der Waals surface area contributed by atoms with E-state index in [9.17, 15) is 17.6 Å². The van der Waals surface area contributed by atoms with Crippen LogP contribution in [0.3, 0.4) is 0 Å². The van der Waals surface area contributed by atoms with Crippen molar-refractivity contribution in [1.29, 1.82) is 0 Å². The monoisotopic (exact) mass is 371 g/mol. The Hall–Kier alpha value is -2.59. The van der Waals surface area contributed by atoms with Gasteiger partial charge in [-0.2, -0.15) is 0 Å². The largest absolute Gasteiger partial charge is 0.478 e. The van der Waals surface area contributed by atoms with Gasteiger partial charge in [0.05, 0.1) is 5.69 Å². The Labute approximate surface area is 140 Å². The van der Waals surface area contributed by atoms with Crippen molar-refractivity contribution in [2.75, 3.05) is 11.5 Å². The number of aliphatic carboxylic acids is 1. The molecule has 0 bridgehead atoms. The van der Waals surface area contributed by atoms with Gasteiger partial charge in [0.15, 0.2) is 11.6 Å². The minimum atomic E-state index is -3.94. The molecule has 2 heterocycles. The number of carbonyl (C=O) groups is 1. The predicted molar refractivity (Wildman–Crippen MR) is 84.3 cm³/mol. The molecule has 0 unspecified atom stereocenters. The van der Waals surface area contributed by atoms with E-state index in [0.717, 1.165) is 17.4 Å². The fraction of sp³-hybridized carbons (Fsp3) is 0.0714. The second kappa shape index (κ2) is 6.13. The Morgan fingerprint density at radius 2 is 2.21 bits per heavy atom. The standard InChI is InChI=1S/C14H10FNO6S2/c15-13-8(3-4-11(17)18)9(6-10-14(13)22-7-21-10)16-24(19,20)12-2-1-5-23-12/h1-6,16H,7H2,(H,17,18). The molecule has 0 radical (unpaired) electrons. The molecular formula is C14H10FNO6S2. The molecule has 126 valence electrons. The van der Waals surface area contributed by atoms with Crippen LogP contribution in [0.15, 0.2) is 33.9 Å². The molecule has 7 nitrogen and oxygen atoms in total. The number of ether oxygens (including phenoxy) is 2. The smallest absolute Gasteiger partial charge is 0.328 e. The molecule has 0 amide bonds. The summed E-state index contributed by atoms with van der Waals surface area (Å²) >= 11 is 0.991. The molecule has 2 aromatic rings. The Balaban J connectivity index is 2.09. The second-order valence-corrected chi connectivity index (χ2v) is 7.45. The van der Waals surface area contributed by atoms with Crippen LogP contribution in [0.4, 0.5) is 10.1 Å². The molecule has 0 spiro atoms. The molecule has 24 heavy (non-hydrogen) atoms. The van der Waals surface area contributed by atoms with Crippen molar-refractivity contribution >= 4 is 39.1 Å². The molecular weight excluding hydrogens is 361 g/mol. The van der Waals surface area contributed by atoms with Crippen molar-refractivity contribution in [3.63, 3.8) is 0 Å². The molecule has 1 aromatic heterocycles. The fourth-order valence-electron chi connectivity index (χ4n) is 2.03. The van der Waals surface area contributed by atoms with Crippen molar-refractivity contribution in [3.8, 4) is 11.5 Å². The summed E-state index contributed by atoms with van der Waals surface area (Å²) in [5.41, 5.74) is -0.413. The average Bonchev–Trinajstić information content (AvgIpc) is 3.17. The van der Waals surface area contributed by atoms with Gasteiger partial charge in [-0.15, -0.1) is 11.3 Å². The lowest BCUT2D eigenvalue weighted by atomic mass is 10.1. The van der Waals surface area contributed by atoms with Crippen LogP contribution in [0.25, 0.3) is 6.08 Å². The van der Waals surface area contributed by atoms with Crippen LogP contribution in [0, 0.1) is 5.82 Å². The quantitative estimate of drug-likeness (QED) is 0.783. The van der Waals surface area contributed by atoms with E-state index in [1.807, 2.05) is 0 Å². The zero-order valence-electron chi connectivity index (χ0n) is 11.9. The lowest BCUT2D eigenvalue weighted by molar-refractivity contribution is -0.131. The highest BCUT2D eigenvalue weighted by Crippen LogP contribution is 2.41. The molecule has 3 rings (SSSR count). The van der Waals surface area contributed by atoms with Crippen LogP contribution in [0.5, 0.6) is 11.5 Å². The summed E-state index contributed by atoms with van der Waals surface area (Å²) in [5.74, 6) is -2.38. The minimum Gasteiger partial charge on any atom is -0.478 e. The number of nitrogens with one attached hydrogen (secondary N) is 1. The number of sulfonamides is 1. The molecule has 2 N–H and O–H groups in total. The van der Waals surface area contributed by atoms with Gasteiger partial charge in [0.25, 0.3) is 10.0 Å². The third-order valence-corrected chi connectivity index (χ3v) is 5.80. The first-order valence-corrected chi connectivity index (χ1v) is 8.84. The van der Waals surface area contributed by atoms with Gasteiger partial charge in [-0.05, 0) is 17.5 Å². The van der Waals surface area contributed by atoms with Gasteiger partial charge in [0.2, 0.25) is 12.5 Å². The summed E-state index contributed by atoms with van der Waals surface area (Å²) in [7, 11) is -3.94.